The van der Waals surface area contributed by atoms with Crippen molar-refractivity contribution in [3.63, 3.8) is 0 Å². The minimum atomic E-state index is -0.657. The van der Waals surface area contributed by atoms with Gasteiger partial charge in [-0.1, -0.05) is 0 Å². The number of nitrogens with zero attached hydrogens (tertiary/aromatic N) is 2. The number of fused-ring (bicyclic) bond motifs is 1. The SMILES string of the molecule is NC1CCC2CN(C(=O)c3cc(F)ccc3[N+](=O)[O-])CC12. The van der Waals surface area contributed by atoms with Gasteiger partial charge in [0.25, 0.3) is 11.6 Å². The van der Waals surface area contributed by atoms with Gasteiger partial charge >= 0.3 is 0 Å². The van der Waals surface area contributed by atoms with Gasteiger partial charge in [0, 0.05) is 25.2 Å². The van der Waals surface area contributed by atoms with Crippen LogP contribution < -0.4 is 5.73 Å². The van der Waals surface area contributed by atoms with Crippen LogP contribution in [0.2, 0.25) is 0 Å². The molecular formula is C14H16FN3O3. The standard InChI is InChI=1S/C14H16FN3O3/c15-9-2-4-13(18(20)21)10(5-9)14(19)17-6-8-1-3-12(16)11(8)7-17/h2,4-5,8,11-12H,1,3,6-7,16H2. The highest BCUT2D eigenvalue weighted by Crippen LogP contribution is 2.38. The molecule has 6 nitrogen and oxygen atoms in total. The second-order valence-electron chi connectivity index (χ2n) is 5.79. The largest absolute Gasteiger partial charge is 0.338 e. The number of hydrogen-bond acceptors (Lipinski definition) is 4. The molecule has 1 heterocycles. The Morgan fingerprint density at radius 3 is 2.81 bits per heavy atom. The molecule has 3 rings (SSSR count). The Hall–Kier alpha value is -2.02. The van der Waals surface area contributed by atoms with E-state index in [-0.39, 0.29) is 23.2 Å². The molecule has 2 aliphatic rings. The van der Waals surface area contributed by atoms with Gasteiger partial charge in [0.2, 0.25) is 0 Å². The third-order valence-electron chi connectivity index (χ3n) is 4.59. The number of carbonyl (C=O) groups excluding carboxylic acids is 1. The van der Waals surface area contributed by atoms with Crippen LogP contribution in [0.4, 0.5) is 10.1 Å². The summed E-state index contributed by atoms with van der Waals surface area (Å²) in [6.45, 7) is 1.04. The zero-order valence-corrected chi connectivity index (χ0v) is 11.4. The summed E-state index contributed by atoms with van der Waals surface area (Å²) in [5.74, 6) is -0.527. The highest BCUT2D eigenvalue weighted by molar-refractivity contribution is 5.98. The van der Waals surface area contributed by atoms with Crippen molar-refractivity contribution in [2.45, 2.75) is 18.9 Å². The summed E-state index contributed by atoms with van der Waals surface area (Å²) in [7, 11) is 0. The van der Waals surface area contributed by atoms with Gasteiger partial charge in [-0.3, -0.25) is 14.9 Å². The normalized spacial score (nSPS) is 27.7. The van der Waals surface area contributed by atoms with Gasteiger partial charge < -0.3 is 10.6 Å². The number of rotatable bonds is 2. The van der Waals surface area contributed by atoms with E-state index < -0.39 is 16.6 Å². The molecule has 1 aliphatic heterocycles. The first-order chi connectivity index (χ1) is 9.97. The molecular weight excluding hydrogens is 277 g/mol. The molecule has 112 valence electrons. The van der Waals surface area contributed by atoms with Crippen molar-refractivity contribution in [2.24, 2.45) is 17.6 Å². The number of nitrogens with two attached hydrogens (primary N) is 1. The number of halogens is 1. The van der Waals surface area contributed by atoms with Gasteiger partial charge in [-0.05, 0) is 36.8 Å². The van der Waals surface area contributed by atoms with Gasteiger partial charge in [0.15, 0.2) is 0 Å². The fraction of sp³-hybridized carbons (Fsp3) is 0.500. The summed E-state index contributed by atoms with van der Waals surface area (Å²) in [5, 5.41) is 11.0. The monoisotopic (exact) mass is 293 g/mol. The minimum absolute atomic E-state index is 0.0790. The molecule has 3 atom stereocenters. The average Bonchev–Trinajstić information content (AvgIpc) is 3.00. The Bertz CT molecular complexity index is 607. The van der Waals surface area contributed by atoms with Crippen molar-refractivity contribution in [3.05, 3.63) is 39.7 Å². The number of nitro groups is 1. The van der Waals surface area contributed by atoms with Crippen molar-refractivity contribution < 1.29 is 14.1 Å². The summed E-state index contributed by atoms with van der Waals surface area (Å²) >= 11 is 0. The number of likely N-dealkylation sites (tertiary alicyclic amines) is 1. The molecule has 2 N–H and O–H groups in total. The number of carbonyl (C=O) groups is 1. The van der Waals surface area contributed by atoms with Crippen LogP contribution in [0.15, 0.2) is 18.2 Å². The van der Waals surface area contributed by atoms with Crippen LogP contribution in [-0.2, 0) is 0 Å². The van der Waals surface area contributed by atoms with E-state index in [1.54, 1.807) is 4.90 Å². The lowest BCUT2D eigenvalue weighted by Crippen LogP contribution is -2.33. The van der Waals surface area contributed by atoms with Crippen LogP contribution in [-0.4, -0.2) is 34.9 Å². The second-order valence-corrected chi connectivity index (χ2v) is 5.79. The first-order valence-corrected chi connectivity index (χ1v) is 6.96. The predicted octanol–water partition coefficient (Wildman–Crippen LogP) is 1.54. The fourth-order valence-electron chi connectivity index (χ4n) is 3.48. The van der Waals surface area contributed by atoms with E-state index in [0.717, 1.165) is 31.0 Å². The molecule has 2 fully saturated rings. The molecule has 1 aliphatic carbocycles. The lowest BCUT2D eigenvalue weighted by atomic mass is 9.98. The highest BCUT2D eigenvalue weighted by atomic mass is 19.1. The Balaban J connectivity index is 1.86. The Labute approximate surface area is 120 Å². The molecule has 7 heteroatoms. The number of hydrogen-bond donors (Lipinski definition) is 1. The zero-order chi connectivity index (χ0) is 15.1. The summed E-state index contributed by atoms with van der Waals surface area (Å²) in [5.41, 5.74) is 5.47. The van der Waals surface area contributed by atoms with Gasteiger partial charge in [-0.15, -0.1) is 0 Å². The van der Waals surface area contributed by atoms with Gasteiger partial charge in [-0.2, -0.15) is 0 Å². The van der Waals surface area contributed by atoms with Crippen LogP contribution in [0, 0.1) is 27.8 Å². The molecule has 1 saturated heterocycles. The third kappa shape index (κ3) is 2.37. The van der Waals surface area contributed by atoms with E-state index in [9.17, 15) is 19.3 Å². The first-order valence-electron chi connectivity index (χ1n) is 6.96. The van der Waals surface area contributed by atoms with Crippen LogP contribution in [0.25, 0.3) is 0 Å². The summed E-state index contributed by atoms with van der Waals surface area (Å²) < 4.78 is 13.3. The highest BCUT2D eigenvalue weighted by Gasteiger charge is 2.43. The Kier molecular flexibility index (Phi) is 3.36. The maximum Gasteiger partial charge on any atom is 0.282 e. The van der Waals surface area contributed by atoms with Crippen molar-refractivity contribution in [2.75, 3.05) is 13.1 Å². The van der Waals surface area contributed by atoms with E-state index >= 15 is 0 Å². The first kappa shape index (κ1) is 13.9. The molecule has 0 spiro atoms. The molecule has 0 aromatic heterocycles. The van der Waals surface area contributed by atoms with E-state index in [2.05, 4.69) is 0 Å². The van der Waals surface area contributed by atoms with Crippen LogP contribution >= 0.6 is 0 Å². The van der Waals surface area contributed by atoms with Crippen molar-refractivity contribution in [1.29, 1.82) is 0 Å². The molecule has 1 amide bonds. The van der Waals surface area contributed by atoms with E-state index in [0.29, 0.717) is 19.0 Å². The zero-order valence-electron chi connectivity index (χ0n) is 11.4. The Morgan fingerprint density at radius 2 is 2.14 bits per heavy atom. The quantitative estimate of drug-likeness (QED) is 0.661. The molecule has 1 saturated carbocycles. The number of amides is 1. The molecule has 3 unspecified atom stereocenters. The molecule has 1 aromatic carbocycles. The topological polar surface area (TPSA) is 89.5 Å². The van der Waals surface area contributed by atoms with E-state index in [1.165, 1.54) is 0 Å². The van der Waals surface area contributed by atoms with Gasteiger partial charge in [0.1, 0.15) is 11.4 Å². The predicted molar refractivity (Wildman–Crippen MR) is 73.1 cm³/mol. The van der Waals surface area contributed by atoms with Crippen molar-refractivity contribution >= 4 is 11.6 Å². The van der Waals surface area contributed by atoms with Gasteiger partial charge in [-0.25, -0.2) is 4.39 Å². The molecule has 21 heavy (non-hydrogen) atoms. The summed E-state index contributed by atoms with van der Waals surface area (Å²) in [4.78, 5) is 24.4. The van der Waals surface area contributed by atoms with Crippen LogP contribution in [0.1, 0.15) is 23.2 Å². The number of nitro benzene ring substituents is 1. The molecule has 0 bridgehead atoms. The minimum Gasteiger partial charge on any atom is -0.338 e. The lowest BCUT2D eigenvalue weighted by molar-refractivity contribution is -0.385. The smallest absolute Gasteiger partial charge is 0.282 e. The van der Waals surface area contributed by atoms with E-state index in [1.807, 2.05) is 0 Å². The van der Waals surface area contributed by atoms with Crippen molar-refractivity contribution in [1.82, 2.24) is 4.90 Å². The number of benzene rings is 1. The van der Waals surface area contributed by atoms with Crippen molar-refractivity contribution in [3.8, 4) is 0 Å². The summed E-state index contributed by atoms with van der Waals surface area (Å²) in [6.07, 6.45) is 1.93. The third-order valence-corrected chi connectivity index (χ3v) is 4.59. The lowest BCUT2D eigenvalue weighted by Gasteiger charge is -2.18. The van der Waals surface area contributed by atoms with Gasteiger partial charge in [0.05, 0.1) is 4.92 Å². The fourth-order valence-corrected chi connectivity index (χ4v) is 3.48. The van der Waals surface area contributed by atoms with Crippen LogP contribution in [0.5, 0.6) is 0 Å². The molecule has 1 aromatic rings. The molecule has 0 radical (unpaired) electrons. The van der Waals surface area contributed by atoms with E-state index in [4.69, 9.17) is 5.73 Å². The second kappa shape index (κ2) is 5.07. The average molecular weight is 293 g/mol. The summed E-state index contributed by atoms with van der Waals surface area (Å²) in [6, 6.07) is 3.04. The Morgan fingerprint density at radius 1 is 1.38 bits per heavy atom. The maximum absolute atomic E-state index is 13.3. The van der Waals surface area contributed by atoms with Crippen LogP contribution in [0.3, 0.4) is 0 Å². The maximum atomic E-state index is 13.3.